The van der Waals surface area contributed by atoms with E-state index in [-0.39, 0.29) is 12.7 Å². The Morgan fingerprint density at radius 3 is 3.10 bits per heavy atom. The molecule has 3 atom stereocenters. The fourth-order valence-corrected chi connectivity index (χ4v) is 3.64. The minimum atomic E-state index is 0.184. The molecule has 0 spiro atoms. The van der Waals surface area contributed by atoms with Crippen LogP contribution in [0.4, 0.5) is 5.69 Å². The van der Waals surface area contributed by atoms with Gasteiger partial charge in [-0.1, -0.05) is 0 Å². The molecule has 0 radical (unpaired) electrons. The number of hydrogen-bond acceptors (Lipinski definition) is 4. The second-order valence-corrected chi connectivity index (χ2v) is 6.02. The molecule has 21 heavy (non-hydrogen) atoms. The van der Waals surface area contributed by atoms with Crippen molar-refractivity contribution in [1.29, 1.82) is 0 Å². The molecule has 1 aromatic carbocycles. The van der Waals surface area contributed by atoms with Crippen LogP contribution in [0.25, 0.3) is 0 Å². The van der Waals surface area contributed by atoms with Crippen LogP contribution in [0.1, 0.15) is 43.8 Å². The van der Waals surface area contributed by atoms with E-state index in [0.29, 0.717) is 12.0 Å². The van der Waals surface area contributed by atoms with E-state index in [1.807, 2.05) is 6.07 Å². The minimum Gasteiger partial charge on any atom is -0.497 e. The standard InChI is InChI=1S/C17H25NO3/c1-20-12-7-8-16-14(11-12)17-13(5-4-10-21-17)15(18-16)6-2-3-9-19/h7-8,11,13,15,17-19H,2-6,9-10H2,1H3/t13-,15-,17-/m1/s1. The number of hydrogen-bond donors (Lipinski definition) is 2. The maximum absolute atomic E-state index is 8.98. The normalized spacial score (nSPS) is 27.4. The molecule has 4 nitrogen and oxygen atoms in total. The maximum Gasteiger partial charge on any atom is 0.119 e. The van der Waals surface area contributed by atoms with Gasteiger partial charge in [0.15, 0.2) is 0 Å². The Morgan fingerprint density at radius 1 is 1.38 bits per heavy atom. The molecule has 0 unspecified atom stereocenters. The molecule has 1 aromatic rings. The monoisotopic (exact) mass is 291 g/mol. The number of anilines is 1. The van der Waals surface area contributed by atoms with E-state index in [0.717, 1.165) is 38.0 Å². The van der Waals surface area contributed by atoms with Gasteiger partial charge in [0.2, 0.25) is 0 Å². The first-order valence-electron chi connectivity index (χ1n) is 8.00. The van der Waals surface area contributed by atoms with E-state index in [9.17, 15) is 0 Å². The Kier molecular flexibility index (Phi) is 4.66. The quantitative estimate of drug-likeness (QED) is 0.818. The number of aliphatic hydroxyl groups excluding tert-OH is 1. The average Bonchev–Trinajstić information content (AvgIpc) is 2.55. The lowest BCUT2D eigenvalue weighted by molar-refractivity contribution is -0.0388. The predicted molar refractivity (Wildman–Crippen MR) is 82.8 cm³/mol. The third kappa shape index (κ3) is 3.01. The third-order valence-electron chi connectivity index (χ3n) is 4.71. The lowest BCUT2D eigenvalue weighted by atomic mass is 9.78. The molecule has 3 rings (SSSR count). The first-order chi connectivity index (χ1) is 10.3. The largest absolute Gasteiger partial charge is 0.497 e. The van der Waals surface area contributed by atoms with E-state index in [1.165, 1.54) is 17.7 Å². The molecule has 1 fully saturated rings. The van der Waals surface area contributed by atoms with E-state index in [2.05, 4.69) is 17.4 Å². The highest BCUT2D eigenvalue weighted by Crippen LogP contribution is 2.45. The van der Waals surface area contributed by atoms with Crippen LogP contribution in [-0.2, 0) is 4.74 Å². The van der Waals surface area contributed by atoms with Crippen LogP contribution in [-0.4, -0.2) is 31.5 Å². The van der Waals surface area contributed by atoms with Crippen molar-refractivity contribution in [1.82, 2.24) is 0 Å². The lowest BCUT2D eigenvalue weighted by Gasteiger charge is -2.43. The van der Waals surface area contributed by atoms with Gasteiger partial charge in [-0.05, 0) is 50.3 Å². The van der Waals surface area contributed by atoms with Crippen molar-refractivity contribution in [3.63, 3.8) is 0 Å². The van der Waals surface area contributed by atoms with Gasteiger partial charge in [-0.2, -0.15) is 0 Å². The highest BCUT2D eigenvalue weighted by Gasteiger charge is 2.38. The van der Waals surface area contributed by atoms with Crippen LogP contribution in [0.15, 0.2) is 18.2 Å². The molecular formula is C17H25NO3. The lowest BCUT2D eigenvalue weighted by Crippen LogP contribution is -2.41. The number of fused-ring (bicyclic) bond motifs is 3. The van der Waals surface area contributed by atoms with Crippen molar-refractivity contribution in [2.24, 2.45) is 5.92 Å². The Hall–Kier alpha value is -1.26. The molecule has 2 aliphatic heterocycles. The van der Waals surface area contributed by atoms with Crippen LogP contribution in [0, 0.1) is 5.92 Å². The Balaban J connectivity index is 1.83. The van der Waals surface area contributed by atoms with Gasteiger partial charge in [-0.25, -0.2) is 0 Å². The van der Waals surface area contributed by atoms with Crippen molar-refractivity contribution >= 4 is 5.69 Å². The Bertz CT molecular complexity index is 477. The molecule has 0 amide bonds. The zero-order valence-corrected chi connectivity index (χ0v) is 12.7. The summed E-state index contributed by atoms with van der Waals surface area (Å²) in [6, 6.07) is 6.65. The summed E-state index contributed by atoms with van der Waals surface area (Å²) in [7, 11) is 1.70. The van der Waals surface area contributed by atoms with E-state index in [1.54, 1.807) is 7.11 Å². The number of nitrogens with one attached hydrogen (secondary N) is 1. The van der Waals surface area contributed by atoms with Gasteiger partial charge in [0.25, 0.3) is 0 Å². The molecule has 2 N–H and O–H groups in total. The van der Waals surface area contributed by atoms with E-state index in [4.69, 9.17) is 14.6 Å². The summed E-state index contributed by atoms with van der Waals surface area (Å²) in [5.74, 6) is 1.42. The van der Waals surface area contributed by atoms with Crippen molar-refractivity contribution in [3.8, 4) is 5.75 Å². The van der Waals surface area contributed by atoms with Gasteiger partial charge in [-0.15, -0.1) is 0 Å². The smallest absolute Gasteiger partial charge is 0.119 e. The summed E-state index contributed by atoms with van der Waals surface area (Å²) in [6.45, 7) is 1.13. The van der Waals surface area contributed by atoms with Gasteiger partial charge in [0, 0.05) is 36.4 Å². The van der Waals surface area contributed by atoms with Crippen molar-refractivity contribution in [3.05, 3.63) is 23.8 Å². The van der Waals surface area contributed by atoms with Crippen molar-refractivity contribution < 1.29 is 14.6 Å². The van der Waals surface area contributed by atoms with Crippen molar-refractivity contribution in [2.45, 2.75) is 44.2 Å². The summed E-state index contributed by atoms with van der Waals surface area (Å²) in [5.41, 5.74) is 2.41. The second-order valence-electron chi connectivity index (χ2n) is 6.02. The fraction of sp³-hybridized carbons (Fsp3) is 0.647. The topological polar surface area (TPSA) is 50.7 Å². The molecule has 4 heteroatoms. The number of unbranched alkanes of at least 4 members (excludes halogenated alkanes) is 1. The van der Waals surface area contributed by atoms with E-state index >= 15 is 0 Å². The molecule has 2 heterocycles. The molecule has 0 aromatic heterocycles. The molecule has 0 saturated carbocycles. The molecular weight excluding hydrogens is 266 g/mol. The fourth-order valence-electron chi connectivity index (χ4n) is 3.64. The summed E-state index contributed by atoms with van der Waals surface area (Å²) >= 11 is 0. The molecule has 116 valence electrons. The summed E-state index contributed by atoms with van der Waals surface area (Å²) in [5, 5.41) is 12.7. The molecule has 0 bridgehead atoms. The first-order valence-corrected chi connectivity index (χ1v) is 8.00. The zero-order valence-electron chi connectivity index (χ0n) is 12.7. The van der Waals surface area contributed by atoms with Gasteiger partial charge in [0.05, 0.1) is 13.2 Å². The van der Waals surface area contributed by atoms with E-state index < -0.39 is 0 Å². The average molecular weight is 291 g/mol. The molecule has 1 saturated heterocycles. The van der Waals surface area contributed by atoms with Gasteiger partial charge < -0.3 is 19.9 Å². The first kappa shape index (κ1) is 14.7. The predicted octanol–water partition coefficient (Wildman–Crippen LogP) is 3.12. The zero-order chi connectivity index (χ0) is 14.7. The SMILES string of the molecule is COc1ccc2c(c1)[C@@H]1OCCC[C@@H]1[C@@H](CCCCO)N2. The summed E-state index contributed by atoms with van der Waals surface area (Å²) in [4.78, 5) is 0. The summed E-state index contributed by atoms with van der Waals surface area (Å²) in [6.07, 6.45) is 5.56. The number of rotatable bonds is 5. The van der Waals surface area contributed by atoms with Gasteiger partial charge in [-0.3, -0.25) is 0 Å². The van der Waals surface area contributed by atoms with Crippen LogP contribution < -0.4 is 10.1 Å². The highest BCUT2D eigenvalue weighted by atomic mass is 16.5. The Labute approximate surface area is 126 Å². The maximum atomic E-state index is 8.98. The van der Waals surface area contributed by atoms with Crippen LogP contribution in [0.2, 0.25) is 0 Å². The number of ether oxygens (including phenoxy) is 2. The van der Waals surface area contributed by atoms with Gasteiger partial charge >= 0.3 is 0 Å². The van der Waals surface area contributed by atoms with Crippen LogP contribution in [0.5, 0.6) is 5.75 Å². The minimum absolute atomic E-state index is 0.184. The summed E-state index contributed by atoms with van der Waals surface area (Å²) < 4.78 is 11.5. The number of methoxy groups -OCH3 is 1. The molecule has 2 aliphatic rings. The van der Waals surface area contributed by atoms with Crippen molar-refractivity contribution in [2.75, 3.05) is 25.6 Å². The highest BCUT2D eigenvalue weighted by molar-refractivity contribution is 5.58. The second kappa shape index (κ2) is 6.67. The van der Waals surface area contributed by atoms with Crippen LogP contribution in [0.3, 0.4) is 0 Å². The van der Waals surface area contributed by atoms with Gasteiger partial charge in [0.1, 0.15) is 5.75 Å². The molecule has 0 aliphatic carbocycles. The number of benzene rings is 1. The third-order valence-corrected chi connectivity index (χ3v) is 4.71. The Morgan fingerprint density at radius 2 is 2.29 bits per heavy atom. The van der Waals surface area contributed by atoms with Crippen LogP contribution >= 0.6 is 0 Å². The number of aliphatic hydroxyl groups is 1.